The van der Waals surface area contributed by atoms with Gasteiger partial charge in [0.2, 0.25) is 0 Å². The van der Waals surface area contributed by atoms with Gasteiger partial charge in [-0.15, -0.1) is 0 Å². The molecule has 20 heavy (non-hydrogen) atoms. The number of rotatable bonds is 3. The molecule has 0 bridgehead atoms. The molecule has 0 aliphatic carbocycles. The average Bonchev–Trinajstić information content (AvgIpc) is 2.55. The zero-order chi connectivity index (χ0) is 14.0. The summed E-state index contributed by atoms with van der Waals surface area (Å²) in [5.74, 6) is 2.47. The molecule has 2 aromatic carbocycles. The lowest BCUT2D eigenvalue weighted by atomic mass is 9.76. The normalized spacial score (nSPS) is 19.6. The first-order valence-electron chi connectivity index (χ1n) is 7.44. The predicted octanol–water partition coefficient (Wildman–Crippen LogP) is 4.70. The van der Waals surface area contributed by atoms with Gasteiger partial charge in [0.05, 0.1) is 0 Å². The first-order chi connectivity index (χ1) is 9.80. The van der Waals surface area contributed by atoms with E-state index in [0.29, 0.717) is 0 Å². The second-order valence-electron chi connectivity index (χ2n) is 5.40. The maximum absolute atomic E-state index is 2.48. The van der Waals surface area contributed by atoms with Crippen molar-refractivity contribution in [2.24, 2.45) is 0 Å². The SMILES string of the molecule is CCC1(CC)C=CP(c2ccccc2)c2ccccc21. The van der Waals surface area contributed by atoms with Crippen molar-refractivity contribution in [2.45, 2.75) is 32.1 Å². The summed E-state index contributed by atoms with van der Waals surface area (Å²) >= 11 is 0. The van der Waals surface area contributed by atoms with Crippen LogP contribution in [-0.2, 0) is 5.41 Å². The molecule has 0 fully saturated rings. The molecule has 1 aliphatic rings. The minimum atomic E-state index is -0.333. The molecule has 0 saturated carbocycles. The highest BCUT2D eigenvalue weighted by atomic mass is 31.1. The summed E-state index contributed by atoms with van der Waals surface area (Å²) in [4.78, 5) is 0. The molecular weight excluding hydrogens is 259 g/mol. The maximum Gasteiger partial charge on any atom is 0.0137 e. The molecule has 0 spiro atoms. The van der Waals surface area contributed by atoms with E-state index in [1.807, 2.05) is 0 Å². The molecule has 0 saturated heterocycles. The van der Waals surface area contributed by atoms with Crippen LogP contribution in [0.25, 0.3) is 0 Å². The second-order valence-corrected chi connectivity index (χ2v) is 7.44. The van der Waals surface area contributed by atoms with Crippen LogP contribution >= 0.6 is 7.92 Å². The van der Waals surface area contributed by atoms with E-state index in [4.69, 9.17) is 0 Å². The fourth-order valence-corrected chi connectivity index (χ4v) is 5.51. The quantitative estimate of drug-likeness (QED) is 0.715. The molecule has 1 aliphatic heterocycles. The van der Waals surface area contributed by atoms with E-state index in [2.05, 4.69) is 80.3 Å². The molecule has 1 atom stereocenters. The van der Waals surface area contributed by atoms with E-state index in [1.165, 1.54) is 18.1 Å². The van der Waals surface area contributed by atoms with Crippen molar-refractivity contribution in [3.8, 4) is 0 Å². The molecule has 1 heteroatoms. The number of hydrogen-bond donors (Lipinski definition) is 0. The van der Waals surface area contributed by atoms with E-state index < -0.39 is 0 Å². The van der Waals surface area contributed by atoms with Crippen molar-refractivity contribution in [3.05, 3.63) is 72.1 Å². The highest BCUT2D eigenvalue weighted by molar-refractivity contribution is 7.76. The zero-order valence-electron chi connectivity index (χ0n) is 12.2. The van der Waals surface area contributed by atoms with E-state index in [9.17, 15) is 0 Å². The average molecular weight is 280 g/mol. The van der Waals surface area contributed by atoms with E-state index >= 15 is 0 Å². The molecule has 0 N–H and O–H groups in total. The molecular formula is C19H21P. The van der Waals surface area contributed by atoms with Crippen LogP contribution in [0.5, 0.6) is 0 Å². The Balaban J connectivity index is 2.15. The van der Waals surface area contributed by atoms with Crippen molar-refractivity contribution in [3.63, 3.8) is 0 Å². The number of hydrogen-bond acceptors (Lipinski definition) is 0. The van der Waals surface area contributed by atoms with Gasteiger partial charge in [-0.2, -0.15) is 0 Å². The Kier molecular flexibility index (Phi) is 3.76. The first kappa shape index (κ1) is 13.6. The fourth-order valence-electron chi connectivity index (χ4n) is 3.17. The molecule has 1 heterocycles. The highest BCUT2D eigenvalue weighted by Gasteiger charge is 2.33. The molecule has 0 radical (unpaired) electrons. The summed E-state index contributed by atoms with van der Waals surface area (Å²) in [6.07, 6.45) is 4.83. The molecule has 3 rings (SSSR count). The van der Waals surface area contributed by atoms with Gasteiger partial charge in [0, 0.05) is 5.41 Å². The van der Waals surface area contributed by atoms with Crippen molar-refractivity contribution in [2.75, 3.05) is 0 Å². The van der Waals surface area contributed by atoms with Gasteiger partial charge < -0.3 is 0 Å². The van der Waals surface area contributed by atoms with Gasteiger partial charge in [-0.25, -0.2) is 0 Å². The first-order valence-corrected chi connectivity index (χ1v) is 8.85. The standard InChI is InChI=1S/C19H21P/c1-3-19(4-2)14-15-20(16-10-6-5-7-11-16)18-13-9-8-12-17(18)19/h5-15H,3-4H2,1-2H3. The van der Waals surface area contributed by atoms with Crippen LogP contribution in [-0.4, -0.2) is 0 Å². The summed E-state index contributed by atoms with van der Waals surface area (Å²) in [6, 6.07) is 20.0. The lowest BCUT2D eigenvalue weighted by Gasteiger charge is -2.37. The largest absolute Gasteiger partial charge is 0.0728 e. The monoisotopic (exact) mass is 280 g/mol. The zero-order valence-corrected chi connectivity index (χ0v) is 13.1. The molecule has 0 nitrogen and oxygen atoms in total. The van der Waals surface area contributed by atoms with E-state index in [1.54, 1.807) is 10.9 Å². The lowest BCUT2D eigenvalue weighted by molar-refractivity contribution is 0.499. The Bertz CT molecular complexity index is 609. The molecule has 1 unspecified atom stereocenters. The van der Waals surface area contributed by atoms with Gasteiger partial charge in [0.1, 0.15) is 0 Å². The van der Waals surface area contributed by atoms with Crippen LogP contribution < -0.4 is 10.6 Å². The fraction of sp³-hybridized carbons (Fsp3) is 0.263. The molecule has 0 amide bonds. The third-order valence-electron chi connectivity index (χ3n) is 4.54. The highest BCUT2D eigenvalue weighted by Crippen LogP contribution is 2.47. The maximum atomic E-state index is 2.48. The van der Waals surface area contributed by atoms with Crippen LogP contribution in [0, 0.1) is 0 Å². The summed E-state index contributed by atoms with van der Waals surface area (Å²) in [6.45, 7) is 4.61. The van der Waals surface area contributed by atoms with Gasteiger partial charge in [-0.3, -0.25) is 0 Å². The van der Waals surface area contributed by atoms with Crippen molar-refractivity contribution in [1.82, 2.24) is 0 Å². The smallest absolute Gasteiger partial charge is 0.0137 e. The third-order valence-corrected chi connectivity index (χ3v) is 6.75. The van der Waals surface area contributed by atoms with Crippen LogP contribution in [0.2, 0.25) is 0 Å². The summed E-state index contributed by atoms with van der Waals surface area (Å²) in [5, 5.41) is 2.99. The molecule has 102 valence electrons. The van der Waals surface area contributed by atoms with E-state index in [0.717, 1.165) is 0 Å². The number of fused-ring (bicyclic) bond motifs is 1. The van der Waals surface area contributed by atoms with Crippen LogP contribution in [0.1, 0.15) is 32.3 Å². The van der Waals surface area contributed by atoms with Gasteiger partial charge in [-0.05, 0) is 36.9 Å². The molecule has 2 aromatic rings. The molecule has 0 aromatic heterocycles. The lowest BCUT2D eigenvalue weighted by Crippen LogP contribution is -2.32. The van der Waals surface area contributed by atoms with Crippen LogP contribution in [0.4, 0.5) is 0 Å². The third kappa shape index (κ3) is 2.13. The summed E-state index contributed by atoms with van der Waals surface area (Å²) in [7, 11) is -0.333. The Morgan fingerprint density at radius 1 is 0.850 bits per heavy atom. The van der Waals surface area contributed by atoms with Gasteiger partial charge >= 0.3 is 0 Å². The van der Waals surface area contributed by atoms with E-state index in [-0.39, 0.29) is 13.3 Å². The predicted molar refractivity (Wildman–Crippen MR) is 90.5 cm³/mol. The Morgan fingerprint density at radius 3 is 2.20 bits per heavy atom. The van der Waals surface area contributed by atoms with Gasteiger partial charge in [0.15, 0.2) is 0 Å². The topological polar surface area (TPSA) is 0 Å². The summed E-state index contributed by atoms with van der Waals surface area (Å²) in [5.41, 5.74) is 1.78. The second kappa shape index (κ2) is 5.54. The van der Waals surface area contributed by atoms with Gasteiger partial charge in [0.25, 0.3) is 0 Å². The minimum absolute atomic E-state index is 0.240. The Labute approximate surface area is 123 Å². The van der Waals surface area contributed by atoms with Gasteiger partial charge in [-0.1, -0.05) is 80.3 Å². The van der Waals surface area contributed by atoms with Crippen LogP contribution in [0.3, 0.4) is 0 Å². The number of allylic oxidation sites excluding steroid dienone is 1. The Hall–Kier alpha value is -1.39. The number of benzene rings is 2. The summed E-state index contributed by atoms with van der Waals surface area (Å²) < 4.78 is 0. The van der Waals surface area contributed by atoms with Crippen LogP contribution in [0.15, 0.2) is 66.5 Å². The van der Waals surface area contributed by atoms with Crippen molar-refractivity contribution < 1.29 is 0 Å². The van der Waals surface area contributed by atoms with Crippen molar-refractivity contribution >= 4 is 18.5 Å². The van der Waals surface area contributed by atoms with Crippen molar-refractivity contribution in [1.29, 1.82) is 0 Å². The Morgan fingerprint density at radius 2 is 1.50 bits per heavy atom. The minimum Gasteiger partial charge on any atom is -0.0728 e.